The predicted octanol–water partition coefficient (Wildman–Crippen LogP) is 2.43. The van der Waals surface area contributed by atoms with Crippen molar-refractivity contribution in [2.45, 2.75) is 32.4 Å². The van der Waals surface area contributed by atoms with Crippen molar-refractivity contribution in [3.63, 3.8) is 0 Å². The van der Waals surface area contributed by atoms with Crippen molar-refractivity contribution in [3.05, 3.63) is 41.4 Å². The Kier molecular flexibility index (Phi) is 4.45. The molecule has 7 nitrogen and oxygen atoms in total. The van der Waals surface area contributed by atoms with Gasteiger partial charge in [0, 0.05) is 31.4 Å². The Labute approximate surface area is 134 Å². The quantitative estimate of drug-likeness (QED) is 0.937. The lowest BCUT2D eigenvalue weighted by molar-refractivity contribution is 0.182. The summed E-state index contributed by atoms with van der Waals surface area (Å²) in [5.74, 6) is 1.29. The number of amides is 2. The van der Waals surface area contributed by atoms with E-state index in [1.165, 1.54) is 0 Å². The van der Waals surface area contributed by atoms with E-state index in [2.05, 4.69) is 15.5 Å². The topological polar surface area (TPSA) is 80.5 Å². The molecule has 7 heteroatoms. The van der Waals surface area contributed by atoms with Crippen LogP contribution in [-0.2, 0) is 6.54 Å². The van der Waals surface area contributed by atoms with Crippen molar-refractivity contribution >= 4 is 6.03 Å². The SMILES string of the molecule is COc1cc(CNC(=O)N2CCC[C@H]2c2cc(C)no2)ccn1. The Hall–Kier alpha value is -2.57. The van der Waals surface area contributed by atoms with Gasteiger partial charge in [0.15, 0.2) is 5.76 Å². The maximum atomic E-state index is 12.5. The molecule has 0 bridgehead atoms. The first kappa shape index (κ1) is 15.3. The van der Waals surface area contributed by atoms with Crippen molar-refractivity contribution in [3.8, 4) is 5.88 Å². The number of carbonyl (C=O) groups is 1. The van der Waals surface area contributed by atoms with Crippen molar-refractivity contribution in [1.82, 2.24) is 20.4 Å². The molecule has 1 saturated heterocycles. The first-order chi connectivity index (χ1) is 11.2. The summed E-state index contributed by atoms with van der Waals surface area (Å²) < 4.78 is 10.4. The minimum absolute atomic E-state index is 0.0387. The van der Waals surface area contributed by atoms with E-state index in [0.29, 0.717) is 12.4 Å². The minimum Gasteiger partial charge on any atom is -0.481 e. The molecule has 0 unspecified atom stereocenters. The van der Waals surface area contributed by atoms with E-state index in [4.69, 9.17) is 9.26 Å². The van der Waals surface area contributed by atoms with Crippen molar-refractivity contribution in [2.24, 2.45) is 0 Å². The number of aromatic nitrogens is 2. The third-order valence-corrected chi connectivity index (χ3v) is 3.94. The molecule has 0 spiro atoms. The number of urea groups is 1. The summed E-state index contributed by atoms with van der Waals surface area (Å²) >= 11 is 0. The van der Waals surface area contributed by atoms with Gasteiger partial charge in [0.05, 0.1) is 18.8 Å². The molecule has 1 fully saturated rings. The van der Waals surface area contributed by atoms with Crippen LogP contribution in [0.2, 0.25) is 0 Å². The highest BCUT2D eigenvalue weighted by atomic mass is 16.5. The number of rotatable bonds is 4. The van der Waals surface area contributed by atoms with Crippen LogP contribution in [0.1, 0.15) is 35.9 Å². The van der Waals surface area contributed by atoms with Gasteiger partial charge in [0.25, 0.3) is 0 Å². The number of hydrogen-bond acceptors (Lipinski definition) is 5. The van der Waals surface area contributed by atoms with Gasteiger partial charge in [-0.3, -0.25) is 0 Å². The van der Waals surface area contributed by atoms with Crippen molar-refractivity contribution in [2.75, 3.05) is 13.7 Å². The van der Waals surface area contributed by atoms with Crippen LogP contribution in [0, 0.1) is 6.92 Å². The number of ether oxygens (including phenoxy) is 1. The second-order valence-corrected chi connectivity index (χ2v) is 5.59. The minimum atomic E-state index is -0.0997. The van der Waals surface area contributed by atoms with Gasteiger partial charge >= 0.3 is 6.03 Å². The van der Waals surface area contributed by atoms with E-state index in [9.17, 15) is 4.79 Å². The molecule has 2 aromatic heterocycles. The highest BCUT2D eigenvalue weighted by Gasteiger charge is 2.32. The normalized spacial score (nSPS) is 17.3. The summed E-state index contributed by atoms with van der Waals surface area (Å²) in [5.41, 5.74) is 1.77. The van der Waals surface area contributed by atoms with E-state index in [1.807, 2.05) is 25.1 Å². The highest BCUT2D eigenvalue weighted by Crippen LogP contribution is 2.32. The maximum Gasteiger partial charge on any atom is 0.318 e. The molecule has 2 amide bonds. The molecule has 3 rings (SSSR count). The molecule has 0 aliphatic carbocycles. The number of nitrogens with zero attached hydrogens (tertiary/aromatic N) is 3. The third-order valence-electron chi connectivity index (χ3n) is 3.94. The third kappa shape index (κ3) is 3.44. The average Bonchev–Trinajstić information content (AvgIpc) is 3.21. The van der Waals surface area contributed by atoms with Crippen LogP contribution < -0.4 is 10.1 Å². The molecule has 122 valence electrons. The number of pyridine rings is 1. The summed E-state index contributed by atoms with van der Waals surface area (Å²) in [6.07, 6.45) is 3.52. The molecule has 2 aromatic rings. The van der Waals surface area contributed by atoms with Crippen LogP contribution in [0.15, 0.2) is 28.9 Å². The van der Waals surface area contributed by atoms with Crippen LogP contribution in [0.25, 0.3) is 0 Å². The van der Waals surface area contributed by atoms with E-state index in [0.717, 1.165) is 36.4 Å². The molecule has 1 atom stereocenters. The van der Waals surface area contributed by atoms with Gasteiger partial charge in [-0.05, 0) is 31.4 Å². The van der Waals surface area contributed by atoms with Crippen LogP contribution in [0.3, 0.4) is 0 Å². The number of methoxy groups -OCH3 is 1. The maximum absolute atomic E-state index is 12.5. The lowest BCUT2D eigenvalue weighted by Gasteiger charge is -2.23. The molecule has 23 heavy (non-hydrogen) atoms. The largest absolute Gasteiger partial charge is 0.481 e. The molecule has 1 aliphatic rings. The lowest BCUT2D eigenvalue weighted by atomic mass is 10.1. The van der Waals surface area contributed by atoms with Gasteiger partial charge in [-0.15, -0.1) is 0 Å². The Balaban J connectivity index is 1.63. The van der Waals surface area contributed by atoms with E-state index in [-0.39, 0.29) is 12.1 Å². The molecule has 1 N–H and O–H groups in total. The molecule has 1 aliphatic heterocycles. The smallest absolute Gasteiger partial charge is 0.318 e. The summed E-state index contributed by atoms with van der Waals surface area (Å²) in [7, 11) is 1.57. The number of aryl methyl sites for hydroxylation is 1. The van der Waals surface area contributed by atoms with Crippen LogP contribution >= 0.6 is 0 Å². The summed E-state index contributed by atoms with van der Waals surface area (Å²) in [5, 5.41) is 6.85. The van der Waals surface area contributed by atoms with Gasteiger partial charge in [0.1, 0.15) is 0 Å². The fourth-order valence-corrected chi connectivity index (χ4v) is 2.80. The average molecular weight is 316 g/mol. The number of nitrogens with one attached hydrogen (secondary N) is 1. The zero-order valence-electron chi connectivity index (χ0n) is 13.3. The summed E-state index contributed by atoms with van der Waals surface area (Å²) in [4.78, 5) is 18.3. The van der Waals surface area contributed by atoms with Gasteiger partial charge < -0.3 is 19.5 Å². The van der Waals surface area contributed by atoms with Gasteiger partial charge in [-0.2, -0.15) is 0 Å². The fourth-order valence-electron chi connectivity index (χ4n) is 2.80. The monoisotopic (exact) mass is 316 g/mol. The predicted molar refractivity (Wildman–Crippen MR) is 82.9 cm³/mol. The van der Waals surface area contributed by atoms with Crippen molar-refractivity contribution < 1.29 is 14.1 Å². The second-order valence-electron chi connectivity index (χ2n) is 5.59. The van der Waals surface area contributed by atoms with Gasteiger partial charge in [0.2, 0.25) is 5.88 Å². The number of likely N-dealkylation sites (tertiary alicyclic amines) is 1. The van der Waals surface area contributed by atoms with Crippen LogP contribution in [0.4, 0.5) is 4.79 Å². The first-order valence-electron chi connectivity index (χ1n) is 7.64. The summed E-state index contributed by atoms with van der Waals surface area (Å²) in [6.45, 7) is 3.02. The van der Waals surface area contributed by atoms with E-state index < -0.39 is 0 Å². The van der Waals surface area contributed by atoms with E-state index in [1.54, 1.807) is 18.2 Å². The molecule has 0 radical (unpaired) electrons. The lowest BCUT2D eigenvalue weighted by Crippen LogP contribution is -2.39. The zero-order chi connectivity index (χ0) is 16.2. The standard InChI is InChI=1S/C16H20N4O3/c1-11-8-14(23-19-11)13-4-3-7-20(13)16(21)18-10-12-5-6-17-15(9-12)22-2/h5-6,8-9,13H,3-4,7,10H2,1-2H3,(H,18,21)/t13-/m0/s1. The van der Waals surface area contributed by atoms with Crippen LogP contribution in [-0.4, -0.2) is 34.7 Å². The van der Waals surface area contributed by atoms with Gasteiger partial charge in [-0.25, -0.2) is 9.78 Å². The molecule has 3 heterocycles. The Morgan fingerprint density at radius 3 is 3.13 bits per heavy atom. The molecule has 0 saturated carbocycles. The fraction of sp³-hybridized carbons (Fsp3) is 0.438. The number of hydrogen-bond donors (Lipinski definition) is 1. The van der Waals surface area contributed by atoms with Crippen molar-refractivity contribution in [1.29, 1.82) is 0 Å². The highest BCUT2D eigenvalue weighted by molar-refractivity contribution is 5.75. The molecular weight excluding hydrogens is 296 g/mol. The zero-order valence-corrected chi connectivity index (χ0v) is 13.3. The molecular formula is C16H20N4O3. The molecule has 0 aromatic carbocycles. The Morgan fingerprint density at radius 2 is 2.39 bits per heavy atom. The van der Waals surface area contributed by atoms with E-state index >= 15 is 0 Å². The first-order valence-corrected chi connectivity index (χ1v) is 7.64. The second kappa shape index (κ2) is 6.68. The number of carbonyl (C=O) groups excluding carboxylic acids is 1. The Bertz CT molecular complexity index is 685. The summed E-state index contributed by atoms with van der Waals surface area (Å²) in [6, 6.07) is 5.41. The Morgan fingerprint density at radius 1 is 1.52 bits per heavy atom. The van der Waals surface area contributed by atoms with Crippen LogP contribution in [0.5, 0.6) is 5.88 Å². The van der Waals surface area contributed by atoms with Gasteiger partial charge in [-0.1, -0.05) is 5.16 Å².